The van der Waals surface area contributed by atoms with Gasteiger partial charge in [0.25, 0.3) is 0 Å². The smallest absolute Gasteiger partial charge is 0.306 e. The number of esters is 3. The molecule has 0 aromatic carbocycles. The molecular formula is C49H94O6. The molecule has 0 bridgehead atoms. The van der Waals surface area contributed by atoms with Crippen LogP contribution in [0.4, 0.5) is 0 Å². The van der Waals surface area contributed by atoms with Crippen molar-refractivity contribution in [1.82, 2.24) is 0 Å². The molecule has 0 unspecified atom stereocenters. The average molecular weight is 779 g/mol. The van der Waals surface area contributed by atoms with Crippen LogP contribution in [0.15, 0.2) is 0 Å². The summed E-state index contributed by atoms with van der Waals surface area (Å²) in [5, 5.41) is 0. The van der Waals surface area contributed by atoms with E-state index < -0.39 is 6.10 Å². The van der Waals surface area contributed by atoms with Crippen LogP contribution >= 0.6 is 0 Å². The van der Waals surface area contributed by atoms with Crippen LogP contribution in [-0.2, 0) is 28.6 Å². The second-order valence-corrected chi connectivity index (χ2v) is 17.7. The van der Waals surface area contributed by atoms with Crippen molar-refractivity contribution >= 4 is 17.9 Å². The van der Waals surface area contributed by atoms with Gasteiger partial charge in [0.05, 0.1) is 0 Å². The highest BCUT2D eigenvalue weighted by Gasteiger charge is 2.19. The molecule has 0 N–H and O–H groups in total. The van der Waals surface area contributed by atoms with E-state index in [4.69, 9.17) is 14.2 Å². The van der Waals surface area contributed by atoms with Crippen LogP contribution in [0.3, 0.4) is 0 Å². The Morgan fingerprint density at radius 3 is 0.891 bits per heavy atom. The molecule has 0 spiro atoms. The van der Waals surface area contributed by atoms with E-state index in [1.165, 1.54) is 154 Å². The third-order valence-electron chi connectivity index (χ3n) is 11.0. The maximum atomic E-state index is 12.7. The van der Waals surface area contributed by atoms with Crippen molar-refractivity contribution in [1.29, 1.82) is 0 Å². The Morgan fingerprint density at radius 2 is 0.600 bits per heavy atom. The maximum Gasteiger partial charge on any atom is 0.306 e. The number of hydrogen-bond donors (Lipinski definition) is 0. The quantitative estimate of drug-likeness (QED) is 0.0348. The van der Waals surface area contributed by atoms with Gasteiger partial charge in [0.2, 0.25) is 0 Å². The highest BCUT2D eigenvalue weighted by atomic mass is 16.6. The third-order valence-corrected chi connectivity index (χ3v) is 11.0. The summed E-state index contributed by atoms with van der Waals surface area (Å²) in [6.07, 6.45) is 40.9. The lowest BCUT2D eigenvalue weighted by Gasteiger charge is -2.18. The molecular weight excluding hydrogens is 685 g/mol. The van der Waals surface area contributed by atoms with Gasteiger partial charge in [0.15, 0.2) is 6.10 Å². The molecule has 0 aliphatic rings. The van der Waals surface area contributed by atoms with Crippen LogP contribution in [0.25, 0.3) is 0 Å². The zero-order valence-electron chi connectivity index (χ0n) is 37.6. The normalized spacial score (nSPS) is 12.1. The standard InChI is InChI=1S/C49H94O6/c1-6-7-8-9-10-11-12-13-14-15-18-26-31-36-41-49(52)55-46(43-54-48(51)40-35-30-25-21-20-23-28-33-38-45(4)5)42-53-47(50)39-34-29-24-19-16-17-22-27-32-37-44(2)3/h44-46H,6-43H2,1-5H3/t46-/m0/s1. The summed E-state index contributed by atoms with van der Waals surface area (Å²) in [6.45, 7) is 11.3. The Balaban J connectivity index is 4.33. The molecule has 0 aromatic heterocycles. The molecule has 1 atom stereocenters. The minimum absolute atomic E-state index is 0.0649. The first kappa shape index (κ1) is 53.4. The van der Waals surface area contributed by atoms with Gasteiger partial charge >= 0.3 is 17.9 Å². The van der Waals surface area contributed by atoms with Gasteiger partial charge in [0.1, 0.15) is 13.2 Å². The monoisotopic (exact) mass is 779 g/mol. The Labute approximate surface area is 342 Å². The Bertz CT molecular complexity index is 839. The Morgan fingerprint density at radius 1 is 0.345 bits per heavy atom. The molecule has 0 aliphatic heterocycles. The van der Waals surface area contributed by atoms with Gasteiger partial charge in [-0.05, 0) is 31.1 Å². The molecule has 0 aliphatic carbocycles. The van der Waals surface area contributed by atoms with Crippen molar-refractivity contribution in [3.8, 4) is 0 Å². The van der Waals surface area contributed by atoms with Crippen LogP contribution < -0.4 is 0 Å². The fraction of sp³-hybridized carbons (Fsp3) is 0.939. The second kappa shape index (κ2) is 42.0. The average Bonchev–Trinajstić information content (AvgIpc) is 3.15. The van der Waals surface area contributed by atoms with E-state index >= 15 is 0 Å². The van der Waals surface area contributed by atoms with E-state index in [-0.39, 0.29) is 31.1 Å². The van der Waals surface area contributed by atoms with Crippen molar-refractivity contribution < 1.29 is 28.6 Å². The van der Waals surface area contributed by atoms with Crippen molar-refractivity contribution in [2.24, 2.45) is 11.8 Å². The molecule has 0 saturated carbocycles. The first-order chi connectivity index (χ1) is 26.7. The lowest BCUT2D eigenvalue weighted by atomic mass is 10.0. The molecule has 55 heavy (non-hydrogen) atoms. The summed E-state index contributed by atoms with van der Waals surface area (Å²) in [7, 11) is 0. The molecule has 326 valence electrons. The number of unbranched alkanes of at least 4 members (excludes halogenated alkanes) is 28. The molecule has 6 nitrogen and oxygen atoms in total. The van der Waals surface area contributed by atoms with E-state index in [0.29, 0.717) is 19.3 Å². The van der Waals surface area contributed by atoms with Gasteiger partial charge in [0, 0.05) is 19.3 Å². The Hall–Kier alpha value is -1.59. The van der Waals surface area contributed by atoms with E-state index in [1.54, 1.807) is 0 Å². The summed E-state index contributed by atoms with van der Waals surface area (Å²) in [4.78, 5) is 37.8. The molecule has 0 rings (SSSR count). The Kier molecular flexibility index (Phi) is 40.8. The number of carbonyl (C=O) groups excluding carboxylic acids is 3. The number of hydrogen-bond acceptors (Lipinski definition) is 6. The van der Waals surface area contributed by atoms with Crippen LogP contribution in [0.1, 0.15) is 266 Å². The van der Waals surface area contributed by atoms with Gasteiger partial charge < -0.3 is 14.2 Å². The third kappa shape index (κ3) is 43.4. The minimum atomic E-state index is -0.761. The van der Waals surface area contributed by atoms with Gasteiger partial charge in [-0.3, -0.25) is 14.4 Å². The topological polar surface area (TPSA) is 78.9 Å². The maximum absolute atomic E-state index is 12.7. The van der Waals surface area contributed by atoms with Gasteiger partial charge in [-0.25, -0.2) is 0 Å². The number of ether oxygens (including phenoxy) is 3. The van der Waals surface area contributed by atoms with Crippen LogP contribution in [0.2, 0.25) is 0 Å². The van der Waals surface area contributed by atoms with Crippen molar-refractivity contribution in [3.63, 3.8) is 0 Å². The minimum Gasteiger partial charge on any atom is -0.462 e. The lowest BCUT2D eigenvalue weighted by Crippen LogP contribution is -2.30. The van der Waals surface area contributed by atoms with Crippen molar-refractivity contribution in [2.45, 2.75) is 272 Å². The fourth-order valence-corrected chi connectivity index (χ4v) is 7.28. The summed E-state index contributed by atoms with van der Waals surface area (Å²) in [5.74, 6) is 0.750. The lowest BCUT2D eigenvalue weighted by molar-refractivity contribution is -0.167. The molecule has 0 radical (unpaired) electrons. The zero-order valence-corrected chi connectivity index (χ0v) is 37.6. The predicted octanol–water partition coefficient (Wildman–Crippen LogP) is 15.4. The SMILES string of the molecule is CCCCCCCCCCCCCCCCC(=O)O[C@@H](COC(=O)CCCCCCCCCCCC(C)C)COC(=O)CCCCCCCCCCC(C)C. The molecule has 0 aromatic rings. The van der Waals surface area contributed by atoms with E-state index in [9.17, 15) is 14.4 Å². The van der Waals surface area contributed by atoms with Crippen LogP contribution in [0.5, 0.6) is 0 Å². The predicted molar refractivity (Wildman–Crippen MR) is 233 cm³/mol. The first-order valence-corrected chi connectivity index (χ1v) is 24.2. The number of rotatable bonds is 43. The van der Waals surface area contributed by atoms with Gasteiger partial charge in [-0.2, -0.15) is 0 Å². The second-order valence-electron chi connectivity index (χ2n) is 17.7. The largest absolute Gasteiger partial charge is 0.462 e. The van der Waals surface area contributed by atoms with E-state index in [0.717, 1.165) is 69.6 Å². The zero-order chi connectivity index (χ0) is 40.5. The molecule has 0 amide bonds. The molecule has 0 fully saturated rings. The summed E-state index contributed by atoms with van der Waals surface area (Å²) in [5.41, 5.74) is 0. The van der Waals surface area contributed by atoms with Crippen LogP contribution in [-0.4, -0.2) is 37.2 Å². The highest BCUT2D eigenvalue weighted by molar-refractivity contribution is 5.71. The first-order valence-electron chi connectivity index (χ1n) is 24.2. The van der Waals surface area contributed by atoms with E-state index in [2.05, 4.69) is 34.6 Å². The fourth-order valence-electron chi connectivity index (χ4n) is 7.28. The molecule has 0 heterocycles. The van der Waals surface area contributed by atoms with Crippen molar-refractivity contribution in [3.05, 3.63) is 0 Å². The summed E-state index contributed by atoms with van der Waals surface area (Å²) >= 11 is 0. The summed E-state index contributed by atoms with van der Waals surface area (Å²) < 4.78 is 16.8. The molecule has 0 saturated heterocycles. The summed E-state index contributed by atoms with van der Waals surface area (Å²) in [6, 6.07) is 0. The highest BCUT2D eigenvalue weighted by Crippen LogP contribution is 2.17. The number of carbonyl (C=O) groups is 3. The van der Waals surface area contributed by atoms with E-state index in [1.807, 2.05) is 0 Å². The van der Waals surface area contributed by atoms with Gasteiger partial charge in [-0.15, -0.1) is 0 Å². The van der Waals surface area contributed by atoms with Crippen molar-refractivity contribution in [2.75, 3.05) is 13.2 Å². The van der Waals surface area contributed by atoms with Gasteiger partial charge in [-0.1, -0.05) is 227 Å². The molecule has 6 heteroatoms. The van der Waals surface area contributed by atoms with Crippen LogP contribution in [0, 0.1) is 11.8 Å².